The average Bonchev–Trinajstić information content (AvgIpc) is 2.95. The van der Waals surface area contributed by atoms with Gasteiger partial charge in [0.1, 0.15) is 5.82 Å². The first-order valence-electron chi connectivity index (χ1n) is 6.11. The van der Waals surface area contributed by atoms with Crippen LogP contribution in [0, 0.1) is 5.82 Å². The highest BCUT2D eigenvalue weighted by atomic mass is 35.5. The van der Waals surface area contributed by atoms with Crippen LogP contribution >= 0.6 is 34.5 Å². The highest BCUT2D eigenvalue weighted by Crippen LogP contribution is 2.34. The Kier molecular flexibility index (Phi) is 5.26. The molecule has 19 heavy (non-hydrogen) atoms. The van der Waals surface area contributed by atoms with E-state index in [0.717, 1.165) is 12.8 Å². The van der Waals surface area contributed by atoms with Gasteiger partial charge in [0.2, 0.25) is 0 Å². The summed E-state index contributed by atoms with van der Waals surface area (Å²) in [6.45, 7) is 0. The zero-order valence-corrected chi connectivity index (χ0v) is 12.7. The van der Waals surface area contributed by atoms with E-state index < -0.39 is 5.41 Å². The summed E-state index contributed by atoms with van der Waals surface area (Å²) in [5, 5.41) is 2.04. The maximum atomic E-state index is 14.0. The van der Waals surface area contributed by atoms with E-state index in [1.54, 1.807) is 23.5 Å². The van der Waals surface area contributed by atoms with Crippen LogP contribution in [0.2, 0.25) is 0 Å². The Morgan fingerprint density at radius 3 is 2.37 bits per heavy atom. The van der Waals surface area contributed by atoms with Gasteiger partial charge in [0.25, 0.3) is 0 Å². The van der Waals surface area contributed by atoms with Crippen molar-refractivity contribution >= 4 is 34.5 Å². The standard InChI is InChI=1S/C15H15Cl2FS/c16-10-15(11-17,8-7-12-4-3-9-19-12)13-5-1-2-6-14(13)18/h1-6,9H,7-8,10-11H2. The van der Waals surface area contributed by atoms with E-state index in [0.29, 0.717) is 17.3 Å². The normalized spacial score (nSPS) is 11.7. The Labute approximate surface area is 127 Å². The van der Waals surface area contributed by atoms with Crippen LogP contribution in [0.3, 0.4) is 0 Å². The number of benzene rings is 1. The zero-order chi connectivity index (χ0) is 13.7. The molecule has 0 aliphatic carbocycles. The van der Waals surface area contributed by atoms with Crippen LogP contribution in [0.15, 0.2) is 41.8 Å². The molecule has 0 unspecified atom stereocenters. The summed E-state index contributed by atoms with van der Waals surface area (Å²) in [5.41, 5.74) is 0.120. The maximum absolute atomic E-state index is 14.0. The molecule has 1 aromatic heterocycles. The van der Waals surface area contributed by atoms with Crippen molar-refractivity contribution in [2.75, 3.05) is 11.8 Å². The number of aryl methyl sites for hydroxylation is 1. The van der Waals surface area contributed by atoms with Crippen LogP contribution in [0.1, 0.15) is 16.9 Å². The summed E-state index contributed by atoms with van der Waals surface area (Å²) in [7, 11) is 0. The average molecular weight is 317 g/mol. The Hall–Kier alpha value is -0.570. The minimum absolute atomic E-state index is 0.227. The number of halogens is 3. The van der Waals surface area contributed by atoms with E-state index in [9.17, 15) is 4.39 Å². The summed E-state index contributed by atoms with van der Waals surface area (Å²) in [5.74, 6) is 0.418. The lowest BCUT2D eigenvalue weighted by atomic mass is 9.79. The topological polar surface area (TPSA) is 0 Å². The Morgan fingerprint density at radius 1 is 1.05 bits per heavy atom. The molecule has 0 bridgehead atoms. The molecule has 4 heteroatoms. The number of rotatable bonds is 6. The van der Waals surface area contributed by atoms with Gasteiger partial charge in [0, 0.05) is 22.1 Å². The molecule has 0 N–H and O–H groups in total. The van der Waals surface area contributed by atoms with Gasteiger partial charge in [0.05, 0.1) is 0 Å². The monoisotopic (exact) mass is 316 g/mol. The molecule has 102 valence electrons. The first-order chi connectivity index (χ1) is 9.22. The highest BCUT2D eigenvalue weighted by molar-refractivity contribution is 7.09. The lowest BCUT2D eigenvalue weighted by molar-refractivity contribution is 0.461. The molecule has 0 spiro atoms. The fourth-order valence-electron chi connectivity index (χ4n) is 2.16. The summed E-state index contributed by atoms with van der Waals surface area (Å²) < 4.78 is 14.0. The van der Waals surface area contributed by atoms with Gasteiger partial charge >= 0.3 is 0 Å². The number of alkyl halides is 2. The third-order valence-electron chi connectivity index (χ3n) is 3.39. The van der Waals surface area contributed by atoms with Crippen LogP contribution in [0.25, 0.3) is 0 Å². The largest absolute Gasteiger partial charge is 0.207 e. The van der Waals surface area contributed by atoms with E-state index in [4.69, 9.17) is 23.2 Å². The molecule has 0 radical (unpaired) electrons. The van der Waals surface area contributed by atoms with E-state index in [-0.39, 0.29) is 5.82 Å². The maximum Gasteiger partial charge on any atom is 0.127 e. The van der Waals surface area contributed by atoms with Crippen molar-refractivity contribution in [3.05, 3.63) is 58.0 Å². The molecule has 0 aliphatic heterocycles. The van der Waals surface area contributed by atoms with Gasteiger partial charge in [-0.3, -0.25) is 0 Å². The third kappa shape index (κ3) is 3.31. The van der Waals surface area contributed by atoms with Crippen LogP contribution < -0.4 is 0 Å². The fourth-order valence-corrected chi connectivity index (χ4v) is 3.71. The summed E-state index contributed by atoms with van der Waals surface area (Å²) in [6, 6.07) is 10.9. The quantitative estimate of drug-likeness (QED) is 0.640. The minimum Gasteiger partial charge on any atom is -0.207 e. The Morgan fingerprint density at radius 2 is 1.79 bits per heavy atom. The van der Waals surface area contributed by atoms with Crippen LogP contribution in [-0.2, 0) is 11.8 Å². The molecule has 0 saturated carbocycles. The molecule has 0 amide bonds. The lowest BCUT2D eigenvalue weighted by Crippen LogP contribution is -2.32. The summed E-state index contributed by atoms with van der Waals surface area (Å²) in [6.07, 6.45) is 1.62. The molecule has 2 aromatic rings. The summed E-state index contributed by atoms with van der Waals surface area (Å²) >= 11 is 14.0. The van der Waals surface area contributed by atoms with Crippen molar-refractivity contribution in [3.63, 3.8) is 0 Å². The molecule has 0 saturated heterocycles. The molecule has 0 nitrogen and oxygen atoms in total. The minimum atomic E-state index is -0.502. The molecule has 1 aromatic carbocycles. The van der Waals surface area contributed by atoms with Gasteiger partial charge in [-0.05, 0) is 35.9 Å². The van der Waals surface area contributed by atoms with E-state index in [1.165, 1.54) is 10.9 Å². The predicted molar refractivity (Wildman–Crippen MR) is 82.2 cm³/mol. The van der Waals surface area contributed by atoms with Gasteiger partial charge < -0.3 is 0 Å². The van der Waals surface area contributed by atoms with E-state index >= 15 is 0 Å². The first-order valence-corrected chi connectivity index (χ1v) is 8.06. The van der Waals surface area contributed by atoms with Crippen LogP contribution in [0.4, 0.5) is 4.39 Å². The van der Waals surface area contributed by atoms with Crippen LogP contribution in [0.5, 0.6) is 0 Å². The Bertz CT molecular complexity index is 507. The van der Waals surface area contributed by atoms with Crippen molar-refractivity contribution < 1.29 is 4.39 Å². The molecular formula is C15H15Cl2FS. The number of thiophene rings is 1. The second-order valence-corrected chi connectivity index (χ2v) is 6.17. The molecule has 2 rings (SSSR count). The zero-order valence-electron chi connectivity index (χ0n) is 10.4. The smallest absolute Gasteiger partial charge is 0.127 e. The van der Waals surface area contributed by atoms with Crippen molar-refractivity contribution in [3.8, 4) is 0 Å². The Balaban J connectivity index is 2.24. The van der Waals surface area contributed by atoms with Crippen molar-refractivity contribution in [2.24, 2.45) is 0 Å². The number of hydrogen-bond acceptors (Lipinski definition) is 1. The SMILES string of the molecule is Fc1ccccc1C(CCl)(CCl)CCc1cccs1. The van der Waals surface area contributed by atoms with Gasteiger partial charge in [-0.2, -0.15) is 0 Å². The molecular weight excluding hydrogens is 302 g/mol. The second kappa shape index (κ2) is 6.74. The van der Waals surface area contributed by atoms with E-state index in [1.807, 2.05) is 17.5 Å². The third-order valence-corrected chi connectivity index (χ3v) is 5.35. The predicted octanol–water partition coefficient (Wildman–Crippen LogP) is 5.24. The molecule has 0 fully saturated rings. The van der Waals surface area contributed by atoms with Crippen molar-refractivity contribution in [2.45, 2.75) is 18.3 Å². The highest BCUT2D eigenvalue weighted by Gasteiger charge is 2.32. The first kappa shape index (κ1) is 14.8. The number of hydrogen-bond donors (Lipinski definition) is 0. The second-order valence-electron chi connectivity index (χ2n) is 4.61. The van der Waals surface area contributed by atoms with Crippen molar-refractivity contribution in [1.82, 2.24) is 0 Å². The van der Waals surface area contributed by atoms with Gasteiger partial charge in [0.15, 0.2) is 0 Å². The molecule has 1 heterocycles. The summed E-state index contributed by atoms with van der Waals surface area (Å²) in [4.78, 5) is 1.27. The van der Waals surface area contributed by atoms with Gasteiger partial charge in [-0.1, -0.05) is 24.3 Å². The van der Waals surface area contributed by atoms with Crippen LogP contribution in [-0.4, -0.2) is 11.8 Å². The van der Waals surface area contributed by atoms with Crippen molar-refractivity contribution in [1.29, 1.82) is 0 Å². The fraction of sp³-hybridized carbons (Fsp3) is 0.333. The molecule has 0 atom stereocenters. The van der Waals surface area contributed by atoms with Gasteiger partial charge in [-0.25, -0.2) is 4.39 Å². The molecule has 0 aliphatic rings. The van der Waals surface area contributed by atoms with E-state index in [2.05, 4.69) is 6.07 Å². The lowest BCUT2D eigenvalue weighted by Gasteiger charge is -2.30. The van der Waals surface area contributed by atoms with Gasteiger partial charge in [-0.15, -0.1) is 34.5 Å².